The molecule has 2 rings (SSSR count). The largest absolute Gasteiger partial charge is 0.461 e. The van der Waals surface area contributed by atoms with Gasteiger partial charge in [-0.25, -0.2) is 9.59 Å². The smallest absolute Gasteiger partial charge is 0.329 e. The molecule has 0 bridgehead atoms. The second-order valence-corrected chi connectivity index (χ2v) is 4.18. The maximum atomic E-state index is 11.7. The summed E-state index contributed by atoms with van der Waals surface area (Å²) in [7, 11) is 0. The Hall–Kier alpha value is -1.26. The van der Waals surface area contributed by atoms with Crippen molar-refractivity contribution in [2.75, 3.05) is 6.54 Å². The van der Waals surface area contributed by atoms with Crippen molar-refractivity contribution >= 4 is 12.0 Å². The van der Waals surface area contributed by atoms with Gasteiger partial charge in [0.2, 0.25) is 0 Å². The van der Waals surface area contributed by atoms with E-state index in [2.05, 4.69) is 0 Å². The van der Waals surface area contributed by atoms with Gasteiger partial charge in [-0.15, -0.1) is 0 Å². The second kappa shape index (κ2) is 4.08. The Labute approximate surface area is 88.5 Å². The molecule has 0 aromatic carbocycles. The number of hydrogen-bond acceptors (Lipinski definition) is 3. The van der Waals surface area contributed by atoms with Gasteiger partial charge in [0.15, 0.2) is 0 Å². The predicted molar refractivity (Wildman–Crippen MR) is 53.0 cm³/mol. The first kappa shape index (κ1) is 10.3. The van der Waals surface area contributed by atoms with Gasteiger partial charge in [-0.1, -0.05) is 0 Å². The standard InChI is InChI=1S/C10H16N2O3/c11-10(14)12-6-2-5-8(12)9(13)15-7-3-1-4-7/h7-8H,1-6H2,(H2,11,14). The molecule has 1 saturated carbocycles. The number of nitrogens with zero attached hydrogens (tertiary/aromatic N) is 1. The molecule has 2 amide bonds. The van der Waals surface area contributed by atoms with E-state index in [9.17, 15) is 9.59 Å². The van der Waals surface area contributed by atoms with E-state index in [1.54, 1.807) is 0 Å². The van der Waals surface area contributed by atoms with Gasteiger partial charge in [0.25, 0.3) is 0 Å². The summed E-state index contributed by atoms with van der Waals surface area (Å²) < 4.78 is 5.26. The molecule has 0 aromatic heterocycles. The fraction of sp³-hybridized carbons (Fsp3) is 0.800. The first-order chi connectivity index (χ1) is 7.18. The topological polar surface area (TPSA) is 72.6 Å². The summed E-state index contributed by atoms with van der Waals surface area (Å²) in [6.45, 7) is 0.569. The van der Waals surface area contributed by atoms with E-state index >= 15 is 0 Å². The summed E-state index contributed by atoms with van der Waals surface area (Å²) >= 11 is 0. The van der Waals surface area contributed by atoms with Gasteiger partial charge < -0.3 is 15.4 Å². The molecule has 5 nitrogen and oxygen atoms in total. The zero-order chi connectivity index (χ0) is 10.8. The Kier molecular flexibility index (Phi) is 2.79. The van der Waals surface area contributed by atoms with Gasteiger partial charge in [-0.3, -0.25) is 0 Å². The molecule has 1 saturated heterocycles. The van der Waals surface area contributed by atoms with Crippen molar-refractivity contribution in [1.29, 1.82) is 0 Å². The lowest BCUT2D eigenvalue weighted by Crippen LogP contribution is -2.45. The van der Waals surface area contributed by atoms with Crippen molar-refractivity contribution < 1.29 is 14.3 Å². The Morgan fingerprint density at radius 3 is 2.47 bits per heavy atom. The van der Waals surface area contributed by atoms with Crippen LogP contribution in [0.25, 0.3) is 0 Å². The number of primary amides is 1. The van der Waals surface area contributed by atoms with Gasteiger partial charge in [-0.05, 0) is 32.1 Å². The molecule has 1 aliphatic heterocycles. The van der Waals surface area contributed by atoms with Crippen LogP contribution in [0.2, 0.25) is 0 Å². The zero-order valence-corrected chi connectivity index (χ0v) is 8.65. The molecule has 0 spiro atoms. The van der Waals surface area contributed by atoms with Crippen molar-refractivity contribution in [3.8, 4) is 0 Å². The number of esters is 1. The van der Waals surface area contributed by atoms with E-state index < -0.39 is 12.1 Å². The van der Waals surface area contributed by atoms with Crippen LogP contribution in [0.1, 0.15) is 32.1 Å². The van der Waals surface area contributed by atoms with Gasteiger partial charge in [0.05, 0.1) is 0 Å². The summed E-state index contributed by atoms with van der Waals surface area (Å²) in [5.41, 5.74) is 5.18. The van der Waals surface area contributed by atoms with Crippen molar-refractivity contribution in [3.63, 3.8) is 0 Å². The Morgan fingerprint density at radius 2 is 1.93 bits per heavy atom. The molecule has 1 unspecified atom stereocenters. The lowest BCUT2D eigenvalue weighted by Gasteiger charge is -2.28. The molecular formula is C10H16N2O3. The molecule has 1 atom stereocenters. The zero-order valence-electron chi connectivity index (χ0n) is 8.65. The predicted octanol–water partition coefficient (Wildman–Crippen LogP) is 0.625. The molecule has 1 aliphatic carbocycles. The second-order valence-electron chi connectivity index (χ2n) is 4.18. The minimum Gasteiger partial charge on any atom is -0.461 e. The fourth-order valence-electron chi connectivity index (χ4n) is 2.01. The quantitative estimate of drug-likeness (QED) is 0.682. The Balaban J connectivity index is 1.90. The molecule has 84 valence electrons. The molecule has 15 heavy (non-hydrogen) atoms. The van der Waals surface area contributed by atoms with E-state index in [0.29, 0.717) is 13.0 Å². The van der Waals surface area contributed by atoms with Crippen LogP contribution in [0.15, 0.2) is 0 Å². The van der Waals surface area contributed by atoms with E-state index in [0.717, 1.165) is 25.7 Å². The fourth-order valence-corrected chi connectivity index (χ4v) is 2.01. The SMILES string of the molecule is NC(=O)N1CCCC1C(=O)OC1CCC1. The maximum Gasteiger partial charge on any atom is 0.329 e. The number of carbonyl (C=O) groups excluding carboxylic acids is 2. The summed E-state index contributed by atoms with van der Waals surface area (Å²) in [6.07, 6.45) is 4.61. The van der Waals surface area contributed by atoms with E-state index in [1.807, 2.05) is 0 Å². The maximum absolute atomic E-state index is 11.7. The third-order valence-corrected chi connectivity index (χ3v) is 3.14. The highest BCUT2D eigenvalue weighted by Crippen LogP contribution is 2.25. The Bertz CT molecular complexity index is 276. The number of carbonyl (C=O) groups is 2. The number of rotatable bonds is 2. The number of amides is 2. The molecule has 2 fully saturated rings. The van der Waals surface area contributed by atoms with Crippen molar-refractivity contribution in [2.45, 2.75) is 44.2 Å². The average molecular weight is 212 g/mol. The first-order valence-corrected chi connectivity index (χ1v) is 5.45. The van der Waals surface area contributed by atoms with E-state index in [-0.39, 0.29) is 12.1 Å². The minimum absolute atomic E-state index is 0.0767. The molecular weight excluding hydrogens is 196 g/mol. The van der Waals surface area contributed by atoms with Crippen LogP contribution in [0.5, 0.6) is 0 Å². The van der Waals surface area contributed by atoms with Crippen molar-refractivity contribution in [1.82, 2.24) is 4.90 Å². The van der Waals surface area contributed by atoms with Crippen LogP contribution < -0.4 is 5.73 Å². The molecule has 2 N–H and O–H groups in total. The van der Waals surface area contributed by atoms with Crippen LogP contribution in [0, 0.1) is 0 Å². The third-order valence-electron chi connectivity index (χ3n) is 3.14. The molecule has 0 radical (unpaired) electrons. The van der Waals surface area contributed by atoms with Crippen molar-refractivity contribution in [3.05, 3.63) is 0 Å². The number of hydrogen-bond donors (Lipinski definition) is 1. The minimum atomic E-state index is -0.525. The summed E-state index contributed by atoms with van der Waals surface area (Å²) in [4.78, 5) is 24.1. The average Bonchev–Trinajstić information content (AvgIpc) is 2.59. The lowest BCUT2D eigenvalue weighted by atomic mass is 9.96. The summed E-state index contributed by atoms with van der Waals surface area (Å²) in [5, 5.41) is 0. The number of urea groups is 1. The van der Waals surface area contributed by atoms with Crippen LogP contribution in [-0.2, 0) is 9.53 Å². The third kappa shape index (κ3) is 2.06. The molecule has 2 aliphatic rings. The monoisotopic (exact) mass is 212 g/mol. The Morgan fingerprint density at radius 1 is 1.20 bits per heavy atom. The number of ether oxygens (including phenoxy) is 1. The van der Waals surface area contributed by atoms with Gasteiger partial charge in [0.1, 0.15) is 12.1 Å². The molecule has 5 heteroatoms. The van der Waals surface area contributed by atoms with E-state index in [1.165, 1.54) is 4.90 Å². The normalized spacial score (nSPS) is 26.1. The molecule has 1 heterocycles. The lowest BCUT2D eigenvalue weighted by molar-refractivity contribution is -0.157. The first-order valence-electron chi connectivity index (χ1n) is 5.45. The highest BCUT2D eigenvalue weighted by molar-refractivity contribution is 5.83. The summed E-state index contributed by atoms with van der Waals surface area (Å²) in [6, 6.07) is -0.967. The van der Waals surface area contributed by atoms with Crippen LogP contribution in [0.4, 0.5) is 4.79 Å². The van der Waals surface area contributed by atoms with E-state index in [4.69, 9.17) is 10.5 Å². The highest BCUT2D eigenvalue weighted by Gasteiger charge is 2.36. The highest BCUT2D eigenvalue weighted by atomic mass is 16.5. The van der Waals surface area contributed by atoms with Gasteiger partial charge in [-0.2, -0.15) is 0 Å². The van der Waals surface area contributed by atoms with Crippen LogP contribution in [-0.4, -0.2) is 35.6 Å². The summed E-state index contributed by atoms with van der Waals surface area (Å²) in [5.74, 6) is -0.281. The number of likely N-dealkylation sites (tertiary alicyclic amines) is 1. The van der Waals surface area contributed by atoms with Gasteiger partial charge >= 0.3 is 12.0 Å². The molecule has 0 aromatic rings. The van der Waals surface area contributed by atoms with Crippen molar-refractivity contribution in [2.24, 2.45) is 5.73 Å². The van der Waals surface area contributed by atoms with Gasteiger partial charge in [0, 0.05) is 6.54 Å². The number of nitrogens with two attached hydrogens (primary N) is 1. The van der Waals surface area contributed by atoms with Crippen LogP contribution in [0.3, 0.4) is 0 Å². The van der Waals surface area contributed by atoms with Crippen LogP contribution >= 0.6 is 0 Å².